The summed E-state index contributed by atoms with van der Waals surface area (Å²) in [7, 11) is 0. The summed E-state index contributed by atoms with van der Waals surface area (Å²) in [6.07, 6.45) is 0.679. The van der Waals surface area contributed by atoms with Crippen LogP contribution in [-0.2, 0) is 4.79 Å². The van der Waals surface area contributed by atoms with E-state index in [0.717, 1.165) is 11.3 Å². The second-order valence-electron chi connectivity index (χ2n) is 5.09. The maximum absolute atomic E-state index is 11.1. The minimum atomic E-state index is -0.763. The van der Waals surface area contributed by atoms with E-state index in [0.29, 0.717) is 6.42 Å². The Morgan fingerprint density at radius 1 is 1.05 bits per heavy atom. The van der Waals surface area contributed by atoms with Crippen LogP contribution in [-0.4, -0.2) is 22.9 Å². The van der Waals surface area contributed by atoms with Crippen LogP contribution in [0.4, 0.5) is 0 Å². The molecule has 1 heterocycles. The first kappa shape index (κ1) is 14.2. The number of carboxylic acids is 1. The summed E-state index contributed by atoms with van der Waals surface area (Å²) < 4.78 is 0. The summed E-state index contributed by atoms with van der Waals surface area (Å²) >= 11 is 1.76. The Labute approximate surface area is 128 Å². The molecule has 2 atom stereocenters. The molecule has 2 aromatic rings. The number of carboxylic acid groups (broad SMARTS) is 1. The largest absolute Gasteiger partial charge is 0.480 e. The SMILES string of the molecule is O=C(O)C1CCSC(c2ccc(-c3ccccc3)cc2)N1. The second-order valence-corrected chi connectivity index (χ2v) is 6.30. The first-order chi connectivity index (χ1) is 10.2. The minimum absolute atomic E-state index is 0.0599. The summed E-state index contributed by atoms with van der Waals surface area (Å²) in [4.78, 5) is 11.1. The van der Waals surface area contributed by atoms with Gasteiger partial charge in [-0.2, -0.15) is 0 Å². The van der Waals surface area contributed by atoms with Gasteiger partial charge in [-0.15, -0.1) is 11.8 Å². The van der Waals surface area contributed by atoms with E-state index in [1.807, 2.05) is 18.2 Å². The molecule has 0 bridgehead atoms. The number of rotatable bonds is 3. The third-order valence-corrected chi connectivity index (χ3v) is 4.88. The zero-order valence-corrected chi connectivity index (χ0v) is 12.3. The number of hydrogen-bond donors (Lipinski definition) is 2. The fourth-order valence-corrected chi connectivity index (χ4v) is 3.70. The van der Waals surface area contributed by atoms with Gasteiger partial charge in [-0.1, -0.05) is 54.6 Å². The molecule has 0 aromatic heterocycles. The highest BCUT2D eigenvalue weighted by Gasteiger charge is 2.27. The van der Waals surface area contributed by atoms with Crippen LogP contribution in [0.2, 0.25) is 0 Å². The van der Waals surface area contributed by atoms with Gasteiger partial charge in [0.15, 0.2) is 0 Å². The molecule has 0 saturated carbocycles. The van der Waals surface area contributed by atoms with Gasteiger partial charge in [-0.05, 0) is 28.9 Å². The van der Waals surface area contributed by atoms with E-state index in [-0.39, 0.29) is 5.37 Å². The Kier molecular flexibility index (Phi) is 4.27. The molecule has 3 rings (SSSR count). The summed E-state index contributed by atoms with van der Waals surface area (Å²) in [5, 5.41) is 12.4. The van der Waals surface area contributed by atoms with Crippen LogP contribution >= 0.6 is 11.8 Å². The third kappa shape index (κ3) is 3.28. The minimum Gasteiger partial charge on any atom is -0.480 e. The quantitative estimate of drug-likeness (QED) is 0.910. The van der Waals surface area contributed by atoms with Crippen molar-refractivity contribution in [2.75, 3.05) is 5.75 Å². The Bertz CT molecular complexity index is 612. The Morgan fingerprint density at radius 3 is 2.38 bits per heavy atom. The van der Waals surface area contributed by atoms with Gasteiger partial charge >= 0.3 is 5.97 Å². The lowest BCUT2D eigenvalue weighted by Crippen LogP contribution is -2.41. The molecule has 1 aliphatic heterocycles. The molecule has 1 aliphatic rings. The molecule has 0 spiro atoms. The first-order valence-electron chi connectivity index (χ1n) is 7.00. The fourth-order valence-electron chi connectivity index (χ4n) is 2.49. The van der Waals surface area contributed by atoms with Crippen molar-refractivity contribution < 1.29 is 9.90 Å². The molecule has 4 heteroatoms. The number of carbonyl (C=O) groups is 1. The summed E-state index contributed by atoms with van der Waals surface area (Å²) in [5.41, 5.74) is 3.50. The lowest BCUT2D eigenvalue weighted by atomic mass is 10.0. The van der Waals surface area contributed by atoms with Gasteiger partial charge in [-0.25, -0.2) is 0 Å². The van der Waals surface area contributed by atoms with Crippen molar-refractivity contribution in [3.05, 3.63) is 60.2 Å². The molecule has 0 radical (unpaired) electrons. The Morgan fingerprint density at radius 2 is 1.71 bits per heavy atom. The van der Waals surface area contributed by atoms with Crippen molar-refractivity contribution in [3.8, 4) is 11.1 Å². The normalized spacial score (nSPS) is 21.9. The van der Waals surface area contributed by atoms with Crippen LogP contribution in [0.5, 0.6) is 0 Å². The van der Waals surface area contributed by atoms with Gasteiger partial charge in [0.1, 0.15) is 6.04 Å². The van der Waals surface area contributed by atoms with E-state index in [9.17, 15) is 4.79 Å². The van der Waals surface area contributed by atoms with E-state index < -0.39 is 12.0 Å². The van der Waals surface area contributed by atoms with Crippen LogP contribution in [0.25, 0.3) is 11.1 Å². The molecule has 0 amide bonds. The lowest BCUT2D eigenvalue weighted by Gasteiger charge is -2.28. The van der Waals surface area contributed by atoms with Gasteiger partial charge < -0.3 is 5.11 Å². The standard InChI is InChI=1S/C17H17NO2S/c19-17(20)15-10-11-21-16(18-15)14-8-6-13(7-9-14)12-4-2-1-3-5-12/h1-9,15-16,18H,10-11H2,(H,19,20). The average molecular weight is 299 g/mol. The van der Waals surface area contributed by atoms with Crippen molar-refractivity contribution in [2.24, 2.45) is 0 Å². The number of hydrogen-bond acceptors (Lipinski definition) is 3. The maximum atomic E-state index is 11.1. The molecular formula is C17H17NO2S. The van der Waals surface area contributed by atoms with Crippen LogP contribution in [0, 0.1) is 0 Å². The van der Waals surface area contributed by atoms with E-state index in [1.54, 1.807) is 11.8 Å². The predicted octanol–water partition coefficient (Wildman–Crippen LogP) is 3.53. The third-order valence-electron chi connectivity index (χ3n) is 3.66. The second kappa shape index (κ2) is 6.33. The monoisotopic (exact) mass is 299 g/mol. The average Bonchev–Trinajstić information content (AvgIpc) is 2.56. The summed E-state index contributed by atoms with van der Waals surface area (Å²) in [6, 6.07) is 18.1. The number of thioether (sulfide) groups is 1. The molecule has 2 aromatic carbocycles. The van der Waals surface area contributed by atoms with E-state index in [4.69, 9.17) is 5.11 Å². The molecule has 2 N–H and O–H groups in total. The predicted molar refractivity (Wildman–Crippen MR) is 86.3 cm³/mol. The van der Waals surface area contributed by atoms with Gasteiger partial charge in [0, 0.05) is 0 Å². The molecule has 3 nitrogen and oxygen atoms in total. The first-order valence-corrected chi connectivity index (χ1v) is 8.05. The molecule has 1 saturated heterocycles. The van der Waals surface area contributed by atoms with Crippen molar-refractivity contribution in [1.29, 1.82) is 0 Å². The number of nitrogens with one attached hydrogen (secondary N) is 1. The van der Waals surface area contributed by atoms with E-state index in [1.165, 1.54) is 11.1 Å². The van der Waals surface area contributed by atoms with Gasteiger partial charge in [0.25, 0.3) is 0 Å². The Hall–Kier alpha value is -1.78. The van der Waals surface area contributed by atoms with E-state index >= 15 is 0 Å². The maximum Gasteiger partial charge on any atom is 0.320 e. The summed E-state index contributed by atoms with van der Waals surface area (Å²) in [5.74, 6) is 0.107. The van der Waals surface area contributed by atoms with Crippen molar-refractivity contribution in [1.82, 2.24) is 5.32 Å². The molecule has 108 valence electrons. The van der Waals surface area contributed by atoms with Gasteiger partial charge in [-0.3, -0.25) is 10.1 Å². The topological polar surface area (TPSA) is 49.3 Å². The van der Waals surface area contributed by atoms with Crippen molar-refractivity contribution >= 4 is 17.7 Å². The van der Waals surface area contributed by atoms with Crippen LogP contribution in [0.1, 0.15) is 17.4 Å². The van der Waals surface area contributed by atoms with Crippen LogP contribution in [0.3, 0.4) is 0 Å². The Balaban J connectivity index is 1.76. The van der Waals surface area contributed by atoms with Crippen molar-refractivity contribution in [2.45, 2.75) is 17.8 Å². The highest BCUT2D eigenvalue weighted by molar-refractivity contribution is 7.99. The molecule has 2 unspecified atom stereocenters. The highest BCUT2D eigenvalue weighted by atomic mass is 32.2. The molecular weight excluding hydrogens is 282 g/mol. The summed E-state index contributed by atoms with van der Waals surface area (Å²) in [6.45, 7) is 0. The van der Waals surface area contributed by atoms with Crippen LogP contribution in [0.15, 0.2) is 54.6 Å². The smallest absolute Gasteiger partial charge is 0.320 e. The van der Waals surface area contributed by atoms with Crippen molar-refractivity contribution in [3.63, 3.8) is 0 Å². The van der Waals surface area contributed by atoms with Crippen LogP contribution < -0.4 is 5.32 Å². The molecule has 21 heavy (non-hydrogen) atoms. The lowest BCUT2D eigenvalue weighted by molar-refractivity contribution is -0.139. The number of aliphatic carboxylic acids is 1. The fraction of sp³-hybridized carbons (Fsp3) is 0.235. The van der Waals surface area contributed by atoms with E-state index in [2.05, 4.69) is 41.7 Å². The van der Waals surface area contributed by atoms with Gasteiger partial charge in [0.05, 0.1) is 5.37 Å². The molecule has 0 aliphatic carbocycles. The van der Waals surface area contributed by atoms with Gasteiger partial charge in [0.2, 0.25) is 0 Å². The zero-order chi connectivity index (χ0) is 14.7. The zero-order valence-electron chi connectivity index (χ0n) is 11.5. The highest BCUT2D eigenvalue weighted by Crippen LogP contribution is 2.32. The molecule has 1 fully saturated rings. The number of benzene rings is 2.